The van der Waals surface area contributed by atoms with Crippen LogP contribution in [0.15, 0.2) is 35.3 Å². The fourth-order valence-electron chi connectivity index (χ4n) is 3.16. The van der Waals surface area contributed by atoms with Gasteiger partial charge in [-0.3, -0.25) is 9.36 Å². The lowest BCUT2D eigenvalue weighted by Gasteiger charge is -2.30. The van der Waals surface area contributed by atoms with Crippen molar-refractivity contribution in [2.75, 3.05) is 11.4 Å². The second-order valence-electron chi connectivity index (χ2n) is 5.99. The minimum absolute atomic E-state index is 0.00751. The van der Waals surface area contributed by atoms with Crippen LogP contribution in [-0.2, 0) is 19.6 Å². The van der Waals surface area contributed by atoms with Gasteiger partial charge in [0.05, 0.1) is 12.7 Å². The van der Waals surface area contributed by atoms with Crippen LogP contribution in [0.4, 0.5) is 5.69 Å². The number of aromatic nitrogens is 4. The van der Waals surface area contributed by atoms with Crippen LogP contribution >= 0.6 is 11.6 Å². The third-order valence-corrected chi connectivity index (χ3v) is 4.64. The highest BCUT2D eigenvalue weighted by Gasteiger charge is 2.21. The second-order valence-corrected chi connectivity index (χ2v) is 6.42. The number of halogens is 1. The van der Waals surface area contributed by atoms with Crippen molar-refractivity contribution in [1.82, 2.24) is 19.3 Å². The van der Waals surface area contributed by atoms with E-state index >= 15 is 0 Å². The zero-order valence-corrected chi connectivity index (χ0v) is 14.2. The number of aryl methyl sites for hydroxylation is 1. The number of fused-ring (bicyclic) bond motifs is 2. The highest BCUT2D eigenvalue weighted by Crippen LogP contribution is 2.22. The first-order chi connectivity index (χ1) is 11.7. The maximum absolute atomic E-state index is 12.7. The molecule has 7 heteroatoms. The van der Waals surface area contributed by atoms with Gasteiger partial charge in [-0.05, 0) is 30.7 Å². The quantitative estimate of drug-likeness (QED) is 0.733. The molecule has 1 aliphatic heterocycles. The molecule has 0 atom stereocenters. The van der Waals surface area contributed by atoms with Crippen molar-refractivity contribution in [2.24, 2.45) is 0 Å². The topological polar surface area (TPSA) is 56.0 Å². The van der Waals surface area contributed by atoms with Crippen molar-refractivity contribution < 1.29 is 0 Å². The summed E-state index contributed by atoms with van der Waals surface area (Å²) < 4.78 is 3.59. The Hall–Kier alpha value is -2.34. The van der Waals surface area contributed by atoms with Crippen LogP contribution < -0.4 is 10.5 Å². The lowest BCUT2D eigenvalue weighted by atomic mass is 10.2. The Morgan fingerprint density at radius 1 is 1.21 bits per heavy atom. The van der Waals surface area contributed by atoms with Gasteiger partial charge in [0.25, 0.3) is 5.56 Å². The van der Waals surface area contributed by atoms with Gasteiger partial charge >= 0.3 is 0 Å². The Morgan fingerprint density at radius 3 is 2.75 bits per heavy atom. The Kier molecular flexibility index (Phi) is 3.76. The van der Waals surface area contributed by atoms with Crippen LogP contribution in [-0.4, -0.2) is 25.9 Å². The van der Waals surface area contributed by atoms with Gasteiger partial charge in [0, 0.05) is 30.3 Å². The Morgan fingerprint density at radius 2 is 2.00 bits per heavy atom. The lowest BCUT2D eigenvalue weighted by molar-refractivity contribution is 0.532. The first-order valence-electron chi connectivity index (χ1n) is 8.13. The van der Waals surface area contributed by atoms with E-state index in [0.717, 1.165) is 36.0 Å². The molecule has 0 amide bonds. The van der Waals surface area contributed by atoms with E-state index in [-0.39, 0.29) is 5.56 Å². The molecule has 2 aromatic heterocycles. The average molecular weight is 344 g/mol. The predicted octanol–water partition coefficient (Wildman–Crippen LogP) is 2.68. The minimum Gasteiger partial charge on any atom is -0.362 e. The molecule has 1 aromatic carbocycles. The summed E-state index contributed by atoms with van der Waals surface area (Å²) in [7, 11) is 0. The normalized spacial score (nSPS) is 14.2. The Bertz CT molecular complexity index is 944. The fourth-order valence-corrected chi connectivity index (χ4v) is 3.29. The Labute approximate surface area is 144 Å². The summed E-state index contributed by atoms with van der Waals surface area (Å²) in [6.45, 7) is 4.84. The maximum Gasteiger partial charge on any atom is 0.264 e. The molecule has 0 radical (unpaired) electrons. The van der Waals surface area contributed by atoms with Crippen molar-refractivity contribution in [3.05, 3.63) is 51.7 Å². The minimum atomic E-state index is 0.00751. The van der Waals surface area contributed by atoms with Crippen molar-refractivity contribution in [3.63, 3.8) is 0 Å². The number of benzene rings is 1. The summed E-state index contributed by atoms with van der Waals surface area (Å²) in [4.78, 5) is 19.7. The number of nitrogens with zero attached hydrogens (tertiary/aromatic N) is 5. The Balaban J connectivity index is 1.75. The smallest absolute Gasteiger partial charge is 0.264 e. The first-order valence-corrected chi connectivity index (χ1v) is 8.51. The first kappa shape index (κ1) is 15.2. The van der Waals surface area contributed by atoms with E-state index in [4.69, 9.17) is 16.6 Å². The van der Waals surface area contributed by atoms with Crippen molar-refractivity contribution in [3.8, 4) is 0 Å². The molecule has 6 nitrogen and oxygen atoms in total. The van der Waals surface area contributed by atoms with Gasteiger partial charge in [-0.25, -0.2) is 9.67 Å². The van der Waals surface area contributed by atoms with Gasteiger partial charge in [0.1, 0.15) is 11.2 Å². The largest absolute Gasteiger partial charge is 0.362 e. The van der Waals surface area contributed by atoms with Crippen LogP contribution in [0.3, 0.4) is 0 Å². The van der Waals surface area contributed by atoms with E-state index in [1.165, 1.54) is 0 Å². The zero-order valence-electron chi connectivity index (χ0n) is 13.4. The summed E-state index contributed by atoms with van der Waals surface area (Å²) >= 11 is 5.97. The van der Waals surface area contributed by atoms with Gasteiger partial charge < -0.3 is 4.90 Å². The molecule has 0 aliphatic carbocycles. The van der Waals surface area contributed by atoms with E-state index in [1.54, 1.807) is 10.8 Å². The van der Waals surface area contributed by atoms with E-state index < -0.39 is 0 Å². The van der Waals surface area contributed by atoms with E-state index in [2.05, 4.69) is 16.9 Å². The summed E-state index contributed by atoms with van der Waals surface area (Å²) in [6, 6.07) is 7.75. The number of rotatable bonds is 3. The fraction of sp³-hybridized carbons (Fsp3) is 0.353. The summed E-state index contributed by atoms with van der Waals surface area (Å²) in [5.41, 5.74) is 1.78. The van der Waals surface area contributed by atoms with Gasteiger partial charge in [0.15, 0.2) is 5.65 Å². The molecule has 24 heavy (non-hydrogen) atoms. The highest BCUT2D eigenvalue weighted by atomic mass is 35.5. The monoisotopic (exact) mass is 343 g/mol. The second kappa shape index (κ2) is 5.94. The molecular weight excluding hydrogens is 326 g/mol. The highest BCUT2D eigenvalue weighted by molar-refractivity contribution is 6.30. The SMILES string of the molecule is CCCn1ncc2c(=O)n3c(nc21)CN(c1ccc(Cl)cc1)CC3. The molecule has 3 aromatic rings. The standard InChI is InChI=1S/C17H18ClN5O/c1-2-7-23-16-14(10-19-23)17(24)22-9-8-21(11-15(22)20-16)13-5-3-12(18)4-6-13/h3-6,10H,2,7-9,11H2,1H3. The molecular formula is C17H18ClN5O. The van der Waals surface area contributed by atoms with Gasteiger partial charge in [-0.2, -0.15) is 5.10 Å². The molecule has 0 unspecified atom stereocenters. The molecule has 3 heterocycles. The third-order valence-electron chi connectivity index (χ3n) is 4.39. The van der Waals surface area contributed by atoms with Crippen molar-refractivity contribution >= 4 is 28.3 Å². The summed E-state index contributed by atoms with van der Waals surface area (Å²) in [5.74, 6) is 0.784. The van der Waals surface area contributed by atoms with E-state index in [1.807, 2.05) is 28.9 Å². The number of anilines is 1. The molecule has 0 saturated carbocycles. The van der Waals surface area contributed by atoms with E-state index in [9.17, 15) is 4.79 Å². The number of hydrogen-bond donors (Lipinski definition) is 0. The molecule has 0 bridgehead atoms. The van der Waals surface area contributed by atoms with Crippen molar-refractivity contribution in [2.45, 2.75) is 33.0 Å². The van der Waals surface area contributed by atoms with Gasteiger partial charge in [-0.15, -0.1) is 0 Å². The molecule has 0 fully saturated rings. The van der Waals surface area contributed by atoms with Crippen LogP contribution in [0, 0.1) is 0 Å². The molecule has 0 N–H and O–H groups in total. The van der Waals surface area contributed by atoms with E-state index in [0.29, 0.717) is 24.1 Å². The third kappa shape index (κ3) is 2.47. The van der Waals surface area contributed by atoms with Crippen LogP contribution in [0.5, 0.6) is 0 Å². The molecule has 0 saturated heterocycles. The zero-order chi connectivity index (χ0) is 16.7. The lowest BCUT2D eigenvalue weighted by Crippen LogP contribution is -2.40. The molecule has 4 rings (SSSR count). The predicted molar refractivity (Wildman–Crippen MR) is 94.6 cm³/mol. The van der Waals surface area contributed by atoms with Crippen LogP contribution in [0.25, 0.3) is 11.0 Å². The van der Waals surface area contributed by atoms with Gasteiger partial charge in [-0.1, -0.05) is 18.5 Å². The maximum atomic E-state index is 12.7. The number of hydrogen-bond acceptors (Lipinski definition) is 4. The molecule has 0 spiro atoms. The summed E-state index contributed by atoms with van der Waals surface area (Å²) in [5, 5.41) is 5.64. The van der Waals surface area contributed by atoms with Crippen LogP contribution in [0.1, 0.15) is 19.2 Å². The summed E-state index contributed by atoms with van der Waals surface area (Å²) in [6.07, 6.45) is 2.59. The van der Waals surface area contributed by atoms with Crippen molar-refractivity contribution in [1.29, 1.82) is 0 Å². The molecule has 124 valence electrons. The average Bonchev–Trinajstić information content (AvgIpc) is 2.99. The van der Waals surface area contributed by atoms with Crippen LogP contribution in [0.2, 0.25) is 5.02 Å². The van der Waals surface area contributed by atoms with Gasteiger partial charge in [0.2, 0.25) is 0 Å². The molecule has 1 aliphatic rings.